The van der Waals surface area contributed by atoms with Crippen LogP contribution in [0, 0.1) is 5.92 Å². The predicted octanol–water partition coefficient (Wildman–Crippen LogP) is 4.23. The van der Waals surface area contributed by atoms with E-state index in [4.69, 9.17) is 0 Å². The number of aryl methyl sites for hydroxylation is 2. The van der Waals surface area contributed by atoms with Crippen molar-refractivity contribution < 1.29 is 0 Å². The molecule has 0 bridgehead atoms. The smallest absolute Gasteiger partial charge is 0.0276 e. The van der Waals surface area contributed by atoms with Gasteiger partial charge in [0.15, 0.2) is 0 Å². The van der Waals surface area contributed by atoms with Gasteiger partial charge < -0.3 is 0 Å². The van der Waals surface area contributed by atoms with Gasteiger partial charge in [-0.25, -0.2) is 0 Å². The minimum absolute atomic E-state index is 0.810. The summed E-state index contributed by atoms with van der Waals surface area (Å²) in [4.78, 5) is 0. The molecule has 0 radical (unpaired) electrons. The van der Waals surface area contributed by atoms with E-state index in [0.29, 0.717) is 0 Å². The molecule has 0 nitrogen and oxygen atoms in total. The maximum absolute atomic E-state index is 2.37. The van der Waals surface area contributed by atoms with E-state index in [2.05, 4.69) is 45.0 Å². The summed E-state index contributed by atoms with van der Waals surface area (Å²) < 4.78 is 0. The van der Waals surface area contributed by atoms with Gasteiger partial charge in [-0.15, -0.1) is 0 Å². The second-order valence-corrected chi connectivity index (χ2v) is 4.50. The van der Waals surface area contributed by atoms with Crippen molar-refractivity contribution in [2.45, 2.75) is 46.5 Å². The molecule has 0 aliphatic heterocycles. The summed E-state index contributed by atoms with van der Waals surface area (Å²) in [5, 5.41) is 0. The highest BCUT2D eigenvalue weighted by Gasteiger charge is 1.98. The van der Waals surface area contributed by atoms with Crippen LogP contribution in [0.3, 0.4) is 0 Å². The lowest BCUT2D eigenvalue weighted by Gasteiger charge is -2.06. The average molecular weight is 190 g/mol. The molecule has 0 aliphatic carbocycles. The van der Waals surface area contributed by atoms with Gasteiger partial charge in [-0.3, -0.25) is 0 Å². The fourth-order valence-electron chi connectivity index (χ4n) is 1.68. The Labute approximate surface area is 88.4 Å². The standard InChI is InChI=1S/C14H22/c1-4-6-13-7-5-8-14(11-13)10-9-12(2)3/h5,7-8,11-12H,4,6,9-10H2,1-3H3. The van der Waals surface area contributed by atoms with Crippen LogP contribution in [0.2, 0.25) is 0 Å². The highest BCUT2D eigenvalue weighted by molar-refractivity contribution is 5.23. The molecule has 0 N–H and O–H groups in total. The lowest BCUT2D eigenvalue weighted by molar-refractivity contribution is 0.586. The van der Waals surface area contributed by atoms with Crippen LogP contribution in [0.25, 0.3) is 0 Å². The molecule has 0 unspecified atom stereocenters. The molecular formula is C14H22. The predicted molar refractivity (Wildman–Crippen MR) is 63.6 cm³/mol. The molecule has 0 saturated carbocycles. The Balaban J connectivity index is 2.54. The van der Waals surface area contributed by atoms with Crippen LogP contribution < -0.4 is 0 Å². The third-order valence-corrected chi connectivity index (χ3v) is 2.54. The Kier molecular flexibility index (Phi) is 4.72. The van der Waals surface area contributed by atoms with E-state index >= 15 is 0 Å². The Morgan fingerprint density at radius 3 is 2.29 bits per heavy atom. The van der Waals surface area contributed by atoms with Gasteiger partial charge in [0.1, 0.15) is 0 Å². The highest BCUT2D eigenvalue weighted by atomic mass is 14.0. The Hall–Kier alpha value is -0.780. The molecule has 0 amide bonds. The van der Waals surface area contributed by atoms with Gasteiger partial charge in [0.25, 0.3) is 0 Å². The summed E-state index contributed by atoms with van der Waals surface area (Å²) in [6.45, 7) is 6.81. The van der Waals surface area contributed by atoms with Crippen molar-refractivity contribution in [2.24, 2.45) is 5.92 Å². The third-order valence-electron chi connectivity index (χ3n) is 2.54. The molecule has 1 aromatic rings. The molecule has 1 rings (SSSR count). The van der Waals surface area contributed by atoms with Gasteiger partial charge in [-0.1, -0.05) is 51.5 Å². The van der Waals surface area contributed by atoms with Gasteiger partial charge in [-0.2, -0.15) is 0 Å². The molecular weight excluding hydrogens is 168 g/mol. The van der Waals surface area contributed by atoms with E-state index in [9.17, 15) is 0 Å². The van der Waals surface area contributed by atoms with Gasteiger partial charge in [-0.05, 0) is 36.3 Å². The van der Waals surface area contributed by atoms with E-state index in [-0.39, 0.29) is 0 Å². The summed E-state index contributed by atoms with van der Waals surface area (Å²) in [5.41, 5.74) is 3.00. The molecule has 1 aromatic carbocycles. The second kappa shape index (κ2) is 5.85. The maximum atomic E-state index is 2.37. The van der Waals surface area contributed by atoms with E-state index in [1.807, 2.05) is 0 Å². The van der Waals surface area contributed by atoms with Crippen LogP contribution in [0.4, 0.5) is 0 Å². The van der Waals surface area contributed by atoms with Crippen molar-refractivity contribution >= 4 is 0 Å². The molecule has 0 aliphatic rings. The number of hydrogen-bond acceptors (Lipinski definition) is 0. The molecule has 0 saturated heterocycles. The Bertz CT molecular complexity index is 260. The molecule has 0 heteroatoms. The van der Waals surface area contributed by atoms with Crippen LogP contribution >= 0.6 is 0 Å². The van der Waals surface area contributed by atoms with Crippen LogP contribution in [-0.4, -0.2) is 0 Å². The van der Waals surface area contributed by atoms with Gasteiger partial charge in [0.2, 0.25) is 0 Å². The fourth-order valence-corrected chi connectivity index (χ4v) is 1.68. The van der Waals surface area contributed by atoms with Crippen molar-refractivity contribution in [2.75, 3.05) is 0 Å². The molecule has 78 valence electrons. The molecule has 0 aromatic heterocycles. The van der Waals surface area contributed by atoms with Crippen molar-refractivity contribution in [3.05, 3.63) is 35.4 Å². The molecule has 0 atom stereocenters. The Morgan fingerprint density at radius 1 is 1.07 bits per heavy atom. The average Bonchev–Trinajstić information content (AvgIpc) is 2.16. The quantitative estimate of drug-likeness (QED) is 0.652. The van der Waals surface area contributed by atoms with Crippen molar-refractivity contribution in [1.29, 1.82) is 0 Å². The van der Waals surface area contributed by atoms with Crippen LogP contribution in [-0.2, 0) is 12.8 Å². The SMILES string of the molecule is CCCc1cccc(CCC(C)C)c1. The van der Waals surface area contributed by atoms with E-state index < -0.39 is 0 Å². The van der Waals surface area contributed by atoms with Crippen molar-refractivity contribution in [3.63, 3.8) is 0 Å². The van der Waals surface area contributed by atoms with E-state index in [0.717, 1.165) is 5.92 Å². The summed E-state index contributed by atoms with van der Waals surface area (Å²) in [6.07, 6.45) is 4.99. The van der Waals surface area contributed by atoms with Crippen molar-refractivity contribution in [3.8, 4) is 0 Å². The van der Waals surface area contributed by atoms with E-state index in [1.54, 1.807) is 0 Å². The summed E-state index contributed by atoms with van der Waals surface area (Å²) >= 11 is 0. The molecule has 0 spiro atoms. The molecule has 14 heavy (non-hydrogen) atoms. The zero-order valence-electron chi connectivity index (χ0n) is 9.72. The number of benzene rings is 1. The zero-order chi connectivity index (χ0) is 10.4. The first-order valence-electron chi connectivity index (χ1n) is 5.80. The topological polar surface area (TPSA) is 0 Å². The first-order chi connectivity index (χ1) is 6.72. The minimum Gasteiger partial charge on any atom is -0.0651 e. The normalized spacial score (nSPS) is 10.9. The largest absolute Gasteiger partial charge is 0.0651 e. The maximum Gasteiger partial charge on any atom is -0.0276 e. The zero-order valence-corrected chi connectivity index (χ0v) is 9.72. The molecule has 0 fully saturated rings. The van der Waals surface area contributed by atoms with Crippen molar-refractivity contribution in [1.82, 2.24) is 0 Å². The lowest BCUT2D eigenvalue weighted by atomic mass is 10.00. The monoisotopic (exact) mass is 190 g/mol. The number of rotatable bonds is 5. The first kappa shape index (κ1) is 11.3. The van der Waals surface area contributed by atoms with Gasteiger partial charge in [0, 0.05) is 0 Å². The van der Waals surface area contributed by atoms with Crippen LogP contribution in [0.5, 0.6) is 0 Å². The van der Waals surface area contributed by atoms with Crippen LogP contribution in [0.1, 0.15) is 44.7 Å². The third kappa shape index (κ3) is 3.95. The van der Waals surface area contributed by atoms with Crippen LogP contribution in [0.15, 0.2) is 24.3 Å². The summed E-state index contributed by atoms with van der Waals surface area (Å²) in [6, 6.07) is 9.05. The van der Waals surface area contributed by atoms with Gasteiger partial charge >= 0.3 is 0 Å². The highest BCUT2D eigenvalue weighted by Crippen LogP contribution is 2.12. The fraction of sp³-hybridized carbons (Fsp3) is 0.571. The lowest BCUT2D eigenvalue weighted by Crippen LogP contribution is -1.93. The minimum atomic E-state index is 0.810. The van der Waals surface area contributed by atoms with E-state index in [1.165, 1.54) is 36.8 Å². The van der Waals surface area contributed by atoms with Gasteiger partial charge in [0.05, 0.1) is 0 Å². The number of hydrogen-bond donors (Lipinski definition) is 0. The summed E-state index contributed by atoms with van der Waals surface area (Å²) in [5.74, 6) is 0.810. The molecule has 0 heterocycles. The Morgan fingerprint density at radius 2 is 1.71 bits per heavy atom. The first-order valence-corrected chi connectivity index (χ1v) is 5.80. The second-order valence-electron chi connectivity index (χ2n) is 4.50. The summed E-state index contributed by atoms with van der Waals surface area (Å²) in [7, 11) is 0.